The SMILES string of the molecule is CC(O)c1ccc(OCc2ccccc2)c(N)c1. The molecule has 0 aliphatic rings. The molecule has 3 nitrogen and oxygen atoms in total. The molecule has 0 amide bonds. The van der Waals surface area contributed by atoms with Gasteiger partial charge in [0.15, 0.2) is 0 Å². The van der Waals surface area contributed by atoms with Crippen LogP contribution in [-0.2, 0) is 6.61 Å². The highest BCUT2D eigenvalue weighted by molar-refractivity contribution is 5.54. The topological polar surface area (TPSA) is 55.5 Å². The second kappa shape index (κ2) is 5.56. The molecule has 0 spiro atoms. The first-order valence-electron chi connectivity index (χ1n) is 5.91. The third-order valence-electron chi connectivity index (χ3n) is 2.75. The lowest BCUT2D eigenvalue weighted by Gasteiger charge is -2.11. The molecule has 0 fully saturated rings. The van der Waals surface area contributed by atoms with Crippen molar-refractivity contribution in [2.24, 2.45) is 0 Å². The summed E-state index contributed by atoms with van der Waals surface area (Å²) in [6.07, 6.45) is -0.518. The van der Waals surface area contributed by atoms with Crippen LogP contribution in [0.2, 0.25) is 0 Å². The molecule has 0 aliphatic heterocycles. The van der Waals surface area contributed by atoms with Crippen molar-refractivity contribution in [2.45, 2.75) is 19.6 Å². The molecular formula is C15H17NO2. The number of nitrogens with two attached hydrogens (primary N) is 1. The minimum Gasteiger partial charge on any atom is -0.487 e. The van der Waals surface area contributed by atoms with Crippen LogP contribution in [0, 0.1) is 0 Å². The fraction of sp³-hybridized carbons (Fsp3) is 0.200. The van der Waals surface area contributed by atoms with E-state index in [1.165, 1.54) is 0 Å². The number of aliphatic hydroxyl groups is 1. The Morgan fingerprint density at radius 1 is 1.17 bits per heavy atom. The van der Waals surface area contributed by atoms with Gasteiger partial charge in [-0.15, -0.1) is 0 Å². The molecule has 3 heteroatoms. The van der Waals surface area contributed by atoms with E-state index in [2.05, 4.69) is 0 Å². The lowest BCUT2D eigenvalue weighted by molar-refractivity contribution is 0.199. The summed E-state index contributed by atoms with van der Waals surface area (Å²) in [6, 6.07) is 15.3. The van der Waals surface area contributed by atoms with Crippen LogP contribution in [0.15, 0.2) is 48.5 Å². The molecule has 0 aromatic heterocycles. The lowest BCUT2D eigenvalue weighted by Crippen LogP contribution is -2.00. The summed E-state index contributed by atoms with van der Waals surface area (Å²) in [4.78, 5) is 0. The van der Waals surface area contributed by atoms with Crippen molar-refractivity contribution in [3.05, 3.63) is 59.7 Å². The third kappa shape index (κ3) is 3.02. The molecule has 0 aliphatic carbocycles. The number of ether oxygens (including phenoxy) is 1. The zero-order valence-corrected chi connectivity index (χ0v) is 10.3. The third-order valence-corrected chi connectivity index (χ3v) is 2.75. The first-order valence-corrected chi connectivity index (χ1v) is 5.91. The van der Waals surface area contributed by atoms with E-state index >= 15 is 0 Å². The van der Waals surface area contributed by atoms with Crippen molar-refractivity contribution >= 4 is 5.69 Å². The van der Waals surface area contributed by atoms with Crippen molar-refractivity contribution < 1.29 is 9.84 Å². The van der Waals surface area contributed by atoms with Gasteiger partial charge in [0.05, 0.1) is 11.8 Å². The summed E-state index contributed by atoms with van der Waals surface area (Å²) in [5.41, 5.74) is 8.32. The number of benzene rings is 2. The summed E-state index contributed by atoms with van der Waals surface area (Å²) in [6.45, 7) is 2.19. The molecule has 94 valence electrons. The van der Waals surface area contributed by atoms with Gasteiger partial charge in [-0.05, 0) is 30.2 Å². The highest BCUT2D eigenvalue weighted by Crippen LogP contribution is 2.26. The number of hydrogen-bond donors (Lipinski definition) is 2. The Bertz CT molecular complexity index is 509. The van der Waals surface area contributed by atoms with E-state index in [-0.39, 0.29) is 0 Å². The van der Waals surface area contributed by atoms with Gasteiger partial charge in [-0.25, -0.2) is 0 Å². The van der Waals surface area contributed by atoms with Crippen LogP contribution in [0.25, 0.3) is 0 Å². The highest BCUT2D eigenvalue weighted by Gasteiger charge is 2.05. The van der Waals surface area contributed by atoms with Crippen molar-refractivity contribution in [3.8, 4) is 5.75 Å². The first-order chi connectivity index (χ1) is 8.66. The van der Waals surface area contributed by atoms with Crippen LogP contribution in [0.1, 0.15) is 24.2 Å². The molecule has 18 heavy (non-hydrogen) atoms. The van der Waals surface area contributed by atoms with Crippen LogP contribution in [0.3, 0.4) is 0 Å². The van der Waals surface area contributed by atoms with Crippen LogP contribution in [0.4, 0.5) is 5.69 Å². The van der Waals surface area contributed by atoms with Gasteiger partial charge in [0.25, 0.3) is 0 Å². The van der Waals surface area contributed by atoms with Gasteiger partial charge < -0.3 is 15.6 Å². The largest absolute Gasteiger partial charge is 0.487 e. The van der Waals surface area contributed by atoms with Gasteiger partial charge in [-0.2, -0.15) is 0 Å². The quantitative estimate of drug-likeness (QED) is 0.812. The molecule has 2 aromatic rings. The monoisotopic (exact) mass is 243 g/mol. The molecule has 3 N–H and O–H groups in total. The Balaban J connectivity index is 2.06. The van der Waals surface area contributed by atoms with E-state index in [1.807, 2.05) is 36.4 Å². The second-order valence-corrected chi connectivity index (χ2v) is 4.25. The van der Waals surface area contributed by atoms with Gasteiger partial charge >= 0.3 is 0 Å². The minimum absolute atomic E-state index is 0.485. The van der Waals surface area contributed by atoms with Crippen molar-refractivity contribution in [3.63, 3.8) is 0 Å². The molecule has 0 bridgehead atoms. The van der Waals surface area contributed by atoms with E-state index in [1.54, 1.807) is 19.1 Å². The summed E-state index contributed by atoms with van der Waals surface area (Å²) in [7, 11) is 0. The average Bonchev–Trinajstić information content (AvgIpc) is 2.38. The molecule has 0 heterocycles. The van der Waals surface area contributed by atoms with Gasteiger partial charge in [-0.1, -0.05) is 36.4 Å². The zero-order chi connectivity index (χ0) is 13.0. The van der Waals surface area contributed by atoms with Crippen molar-refractivity contribution in [2.75, 3.05) is 5.73 Å². The predicted octanol–water partition coefficient (Wildman–Crippen LogP) is 2.90. The predicted molar refractivity (Wildman–Crippen MR) is 72.3 cm³/mol. The summed E-state index contributed by atoms with van der Waals surface area (Å²) in [5, 5.41) is 9.45. The van der Waals surface area contributed by atoms with E-state index in [0.717, 1.165) is 11.1 Å². The van der Waals surface area contributed by atoms with E-state index < -0.39 is 6.10 Å². The van der Waals surface area contributed by atoms with E-state index in [9.17, 15) is 5.11 Å². The standard InChI is InChI=1S/C15H17NO2/c1-11(17)13-7-8-15(14(16)9-13)18-10-12-5-3-2-4-6-12/h2-9,11,17H,10,16H2,1H3. The van der Waals surface area contributed by atoms with E-state index in [0.29, 0.717) is 18.0 Å². The zero-order valence-electron chi connectivity index (χ0n) is 10.3. The smallest absolute Gasteiger partial charge is 0.142 e. The summed E-state index contributed by atoms with van der Waals surface area (Å²) in [5.74, 6) is 0.642. The highest BCUT2D eigenvalue weighted by atomic mass is 16.5. The molecule has 0 radical (unpaired) electrons. The lowest BCUT2D eigenvalue weighted by atomic mass is 10.1. The molecule has 2 aromatic carbocycles. The van der Waals surface area contributed by atoms with Gasteiger partial charge in [0.2, 0.25) is 0 Å². The maximum Gasteiger partial charge on any atom is 0.142 e. The second-order valence-electron chi connectivity index (χ2n) is 4.25. The van der Waals surface area contributed by atoms with Crippen molar-refractivity contribution in [1.82, 2.24) is 0 Å². The molecule has 0 saturated carbocycles. The van der Waals surface area contributed by atoms with Gasteiger partial charge in [-0.3, -0.25) is 0 Å². The van der Waals surface area contributed by atoms with Crippen LogP contribution in [-0.4, -0.2) is 5.11 Å². The molecule has 1 atom stereocenters. The minimum atomic E-state index is -0.518. The Hall–Kier alpha value is -2.00. The Morgan fingerprint density at radius 2 is 1.89 bits per heavy atom. The number of nitrogen functional groups attached to an aromatic ring is 1. The molecule has 1 unspecified atom stereocenters. The Morgan fingerprint density at radius 3 is 2.50 bits per heavy atom. The maximum atomic E-state index is 9.45. The number of hydrogen-bond acceptors (Lipinski definition) is 3. The summed E-state index contributed by atoms with van der Waals surface area (Å²) >= 11 is 0. The average molecular weight is 243 g/mol. The van der Waals surface area contributed by atoms with E-state index in [4.69, 9.17) is 10.5 Å². The van der Waals surface area contributed by atoms with Crippen molar-refractivity contribution in [1.29, 1.82) is 0 Å². The number of aliphatic hydroxyl groups excluding tert-OH is 1. The molecule has 0 saturated heterocycles. The van der Waals surface area contributed by atoms with Crippen LogP contribution >= 0.6 is 0 Å². The van der Waals surface area contributed by atoms with Crippen LogP contribution in [0.5, 0.6) is 5.75 Å². The molecule has 2 rings (SSSR count). The summed E-state index contributed by atoms with van der Waals surface area (Å²) < 4.78 is 5.65. The van der Waals surface area contributed by atoms with Crippen LogP contribution < -0.4 is 10.5 Å². The van der Waals surface area contributed by atoms with Gasteiger partial charge in [0.1, 0.15) is 12.4 Å². The first kappa shape index (κ1) is 12.5. The molecular weight excluding hydrogens is 226 g/mol. The fourth-order valence-electron chi connectivity index (χ4n) is 1.69. The normalized spacial score (nSPS) is 12.1. The Labute approximate surface area is 107 Å². The number of anilines is 1. The fourth-order valence-corrected chi connectivity index (χ4v) is 1.69. The maximum absolute atomic E-state index is 9.45. The number of rotatable bonds is 4. The van der Waals surface area contributed by atoms with Gasteiger partial charge in [0, 0.05) is 0 Å². The Kier molecular flexibility index (Phi) is 3.85.